The van der Waals surface area contributed by atoms with Crippen molar-refractivity contribution in [3.63, 3.8) is 0 Å². The van der Waals surface area contributed by atoms with Crippen LogP contribution in [0.1, 0.15) is 35.2 Å². The average molecular weight is 752 g/mol. The molecule has 1 atom stereocenters. The number of hydrogen-bond acceptors (Lipinski definition) is 8. The first kappa shape index (κ1) is 35.1. The van der Waals surface area contributed by atoms with Gasteiger partial charge in [-0.1, -0.05) is 107 Å². The fraction of sp³-hybridized carbons (Fsp3) is 0.146. The predicted octanol–water partition coefficient (Wildman–Crippen LogP) is 7.99. The van der Waals surface area contributed by atoms with Gasteiger partial charge in [-0.2, -0.15) is 0 Å². The normalized spacial score (nSPS) is 14.2. The van der Waals surface area contributed by atoms with Crippen molar-refractivity contribution in [1.29, 1.82) is 0 Å². The van der Waals surface area contributed by atoms with Crippen molar-refractivity contribution < 1.29 is 23.7 Å². The van der Waals surface area contributed by atoms with E-state index in [1.807, 2.05) is 78.9 Å². The first-order valence-electron chi connectivity index (χ1n) is 16.4. The summed E-state index contributed by atoms with van der Waals surface area (Å²) in [6.07, 6.45) is 1.78. The molecule has 0 bridgehead atoms. The van der Waals surface area contributed by atoms with E-state index in [-0.39, 0.29) is 24.3 Å². The molecule has 0 N–H and O–H groups in total. The number of aromatic nitrogens is 1. The van der Waals surface area contributed by atoms with Crippen LogP contribution in [-0.4, -0.2) is 31.4 Å². The Hall–Kier alpha value is -5.35. The summed E-state index contributed by atoms with van der Waals surface area (Å²) in [4.78, 5) is 34.1. The molecule has 0 spiro atoms. The topological polar surface area (TPSA) is 88.4 Å². The van der Waals surface area contributed by atoms with Crippen LogP contribution < -0.4 is 29.1 Å². The molecule has 11 heteroatoms. The summed E-state index contributed by atoms with van der Waals surface area (Å²) in [5, 5.41) is 2.67. The van der Waals surface area contributed by atoms with Gasteiger partial charge in [-0.25, -0.2) is 9.79 Å². The van der Waals surface area contributed by atoms with E-state index in [9.17, 15) is 9.59 Å². The summed E-state index contributed by atoms with van der Waals surface area (Å²) in [5.41, 5.74) is 3.27. The molecule has 262 valence electrons. The molecule has 0 unspecified atom stereocenters. The number of thiazole rings is 1. The number of halogens is 2. The third kappa shape index (κ3) is 6.70. The second-order valence-corrected chi connectivity index (χ2v) is 13.6. The maximum atomic E-state index is 14.6. The third-order valence-electron chi connectivity index (χ3n) is 8.66. The number of benzene rings is 5. The van der Waals surface area contributed by atoms with E-state index in [1.54, 1.807) is 56.1 Å². The number of fused-ring (bicyclic) bond motifs is 2. The monoisotopic (exact) mass is 750 g/mol. The second kappa shape index (κ2) is 15.1. The lowest BCUT2D eigenvalue weighted by Gasteiger charge is -2.28. The number of methoxy groups -OCH3 is 2. The van der Waals surface area contributed by atoms with E-state index in [2.05, 4.69) is 0 Å². The van der Waals surface area contributed by atoms with Crippen molar-refractivity contribution >= 4 is 63.1 Å². The van der Waals surface area contributed by atoms with Gasteiger partial charge in [0, 0.05) is 11.1 Å². The minimum Gasteiger partial charge on any atom is -0.496 e. The predicted molar refractivity (Wildman–Crippen MR) is 205 cm³/mol. The van der Waals surface area contributed by atoms with Crippen LogP contribution in [0.2, 0.25) is 10.0 Å². The van der Waals surface area contributed by atoms with Crippen LogP contribution >= 0.6 is 34.5 Å². The molecule has 0 radical (unpaired) electrons. The van der Waals surface area contributed by atoms with Gasteiger partial charge in [0.2, 0.25) is 0 Å². The number of ether oxygens (including phenoxy) is 4. The van der Waals surface area contributed by atoms with Gasteiger partial charge >= 0.3 is 5.97 Å². The Balaban J connectivity index is 1.40. The highest BCUT2D eigenvalue weighted by Gasteiger charge is 2.37. The van der Waals surface area contributed by atoms with Gasteiger partial charge in [-0.15, -0.1) is 0 Å². The number of carbonyl (C=O) groups excluding carboxylic acids is 1. The van der Waals surface area contributed by atoms with Crippen LogP contribution in [0.15, 0.2) is 118 Å². The summed E-state index contributed by atoms with van der Waals surface area (Å²) in [6.45, 7) is 2.14. The maximum Gasteiger partial charge on any atom is 0.338 e. The molecule has 0 saturated carbocycles. The van der Waals surface area contributed by atoms with Gasteiger partial charge in [0.25, 0.3) is 5.56 Å². The maximum absolute atomic E-state index is 14.6. The van der Waals surface area contributed by atoms with E-state index in [0.717, 1.165) is 16.3 Å². The molecule has 0 aliphatic carbocycles. The molecule has 6 aromatic rings. The minimum atomic E-state index is -0.916. The van der Waals surface area contributed by atoms with Gasteiger partial charge in [0.05, 0.1) is 46.7 Å². The zero-order chi connectivity index (χ0) is 36.4. The Labute approximate surface area is 313 Å². The Morgan fingerprint density at radius 3 is 2.37 bits per heavy atom. The molecule has 52 heavy (non-hydrogen) atoms. The SMILES string of the molecule is CCOC(=O)C1=C(c2ccccc2)N=c2s/c(=C/c3ccc(OCc4ccc(Cl)c(Cl)c4)c(OC)c3)c(=O)n2[C@@H]1c1c(OC)ccc2ccccc12. The molecule has 0 amide bonds. The van der Waals surface area contributed by atoms with Crippen LogP contribution in [0, 0.1) is 0 Å². The Bertz CT molecular complexity index is 2550. The molecule has 7 rings (SSSR count). The van der Waals surface area contributed by atoms with Gasteiger partial charge in [-0.3, -0.25) is 9.36 Å². The van der Waals surface area contributed by atoms with E-state index in [1.165, 1.54) is 11.3 Å². The molecule has 1 aliphatic rings. The average Bonchev–Trinajstić information content (AvgIpc) is 3.48. The summed E-state index contributed by atoms with van der Waals surface area (Å²) in [7, 11) is 3.13. The Kier molecular flexibility index (Phi) is 10.2. The standard InChI is InChI=1S/C41H32Cl2N2O6S/c1-4-50-40(47)36-37(27-11-6-5-7-12-27)44-41-45(38(36)35-28-13-9-8-10-26(28)16-19-32(35)48-2)39(46)34(52-41)22-24-15-18-31(33(21-24)49-3)51-23-25-14-17-29(42)30(43)20-25/h5-22,38H,4,23H2,1-3H3/b34-22+/t38-/m1/s1. The molecule has 8 nitrogen and oxygen atoms in total. The number of nitrogens with zero attached hydrogens (tertiary/aromatic N) is 2. The smallest absolute Gasteiger partial charge is 0.338 e. The summed E-state index contributed by atoms with van der Waals surface area (Å²) < 4.78 is 25.3. The molecule has 0 fully saturated rings. The van der Waals surface area contributed by atoms with Crippen LogP contribution in [0.25, 0.3) is 22.5 Å². The molecular formula is C41H32Cl2N2O6S. The largest absolute Gasteiger partial charge is 0.496 e. The highest BCUT2D eigenvalue weighted by Crippen LogP contribution is 2.42. The molecule has 1 aromatic heterocycles. The van der Waals surface area contributed by atoms with Crippen LogP contribution in [-0.2, 0) is 16.1 Å². The number of hydrogen-bond donors (Lipinski definition) is 0. The summed E-state index contributed by atoms with van der Waals surface area (Å²) in [6, 6.07) is 30.9. The molecule has 5 aromatic carbocycles. The van der Waals surface area contributed by atoms with E-state index in [0.29, 0.717) is 59.0 Å². The lowest BCUT2D eigenvalue weighted by Crippen LogP contribution is -2.40. The lowest BCUT2D eigenvalue weighted by atomic mass is 9.89. The fourth-order valence-corrected chi connectivity index (χ4v) is 7.61. The van der Waals surface area contributed by atoms with Crippen molar-refractivity contribution in [3.8, 4) is 17.2 Å². The van der Waals surface area contributed by atoms with Crippen molar-refractivity contribution in [1.82, 2.24) is 4.57 Å². The minimum absolute atomic E-state index is 0.142. The molecular weight excluding hydrogens is 719 g/mol. The molecule has 0 saturated heterocycles. The van der Waals surface area contributed by atoms with Gasteiger partial charge < -0.3 is 18.9 Å². The highest BCUT2D eigenvalue weighted by molar-refractivity contribution is 7.07. The summed E-state index contributed by atoms with van der Waals surface area (Å²) >= 11 is 13.5. The molecule has 2 heterocycles. The Morgan fingerprint density at radius 2 is 1.62 bits per heavy atom. The Morgan fingerprint density at radius 1 is 0.865 bits per heavy atom. The van der Waals surface area contributed by atoms with E-state index < -0.39 is 12.0 Å². The van der Waals surface area contributed by atoms with Crippen molar-refractivity contribution in [2.24, 2.45) is 4.99 Å². The quantitative estimate of drug-likeness (QED) is 0.132. The van der Waals surface area contributed by atoms with Gasteiger partial charge in [0.15, 0.2) is 16.3 Å². The fourth-order valence-electron chi connectivity index (χ4n) is 6.28. The van der Waals surface area contributed by atoms with Crippen molar-refractivity contribution in [3.05, 3.63) is 161 Å². The number of rotatable bonds is 10. The first-order chi connectivity index (χ1) is 25.3. The molecule has 1 aliphatic heterocycles. The van der Waals surface area contributed by atoms with E-state index >= 15 is 0 Å². The highest BCUT2D eigenvalue weighted by atomic mass is 35.5. The number of esters is 1. The summed E-state index contributed by atoms with van der Waals surface area (Å²) in [5.74, 6) is 0.953. The van der Waals surface area contributed by atoms with Crippen LogP contribution in [0.3, 0.4) is 0 Å². The first-order valence-corrected chi connectivity index (χ1v) is 18.0. The van der Waals surface area contributed by atoms with Gasteiger partial charge in [0.1, 0.15) is 18.4 Å². The van der Waals surface area contributed by atoms with Crippen LogP contribution in [0.4, 0.5) is 0 Å². The van der Waals surface area contributed by atoms with E-state index in [4.69, 9.17) is 47.1 Å². The van der Waals surface area contributed by atoms with Crippen molar-refractivity contribution in [2.75, 3.05) is 20.8 Å². The third-order valence-corrected chi connectivity index (χ3v) is 10.4. The van der Waals surface area contributed by atoms with Crippen LogP contribution in [0.5, 0.6) is 17.2 Å². The lowest BCUT2D eigenvalue weighted by molar-refractivity contribution is -0.138. The zero-order valence-electron chi connectivity index (χ0n) is 28.4. The van der Waals surface area contributed by atoms with Gasteiger partial charge in [-0.05, 0) is 65.2 Å². The second-order valence-electron chi connectivity index (χ2n) is 11.8. The zero-order valence-corrected chi connectivity index (χ0v) is 30.7. The van der Waals surface area contributed by atoms with Crippen molar-refractivity contribution in [2.45, 2.75) is 19.6 Å². The number of carbonyl (C=O) groups is 1.